The summed E-state index contributed by atoms with van der Waals surface area (Å²) in [5.74, 6) is -0.191. The molecule has 0 radical (unpaired) electrons. The SMILES string of the molecule is Nc1ccc(C(=O)Nc2nc(-c3ccccc3)cs2)cc1. The molecule has 3 rings (SSSR count). The first-order valence-electron chi connectivity index (χ1n) is 6.40. The molecular weight excluding hydrogens is 282 g/mol. The maximum atomic E-state index is 12.1. The quantitative estimate of drug-likeness (QED) is 0.725. The first-order chi connectivity index (χ1) is 10.2. The van der Waals surface area contributed by atoms with E-state index in [4.69, 9.17) is 5.73 Å². The Morgan fingerprint density at radius 3 is 2.48 bits per heavy atom. The van der Waals surface area contributed by atoms with E-state index >= 15 is 0 Å². The van der Waals surface area contributed by atoms with Gasteiger partial charge in [0.25, 0.3) is 5.91 Å². The zero-order valence-corrected chi connectivity index (χ0v) is 11.9. The van der Waals surface area contributed by atoms with Gasteiger partial charge in [0.2, 0.25) is 0 Å². The Morgan fingerprint density at radius 1 is 1.05 bits per heavy atom. The van der Waals surface area contributed by atoms with Crippen molar-refractivity contribution in [1.29, 1.82) is 0 Å². The van der Waals surface area contributed by atoms with E-state index in [2.05, 4.69) is 10.3 Å². The zero-order valence-electron chi connectivity index (χ0n) is 11.1. The summed E-state index contributed by atoms with van der Waals surface area (Å²) < 4.78 is 0. The minimum absolute atomic E-state index is 0.191. The van der Waals surface area contributed by atoms with E-state index in [0.29, 0.717) is 16.4 Å². The lowest BCUT2D eigenvalue weighted by Gasteiger charge is -2.02. The highest BCUT2D eigenvalue weighted by Gasteiger charge is 2.09. The van der Waals surface area contributed by atoms with Gasteiger partial charge >= 0.3 is 0 Å². The Bertz CT molecular complexity index is 751. The number of aromatic nitrogens is 1. The number of nitrogens with one attached hydrogen (secondary N) is 1. The van der Waals surface area contributed by atoms with Crippen LogP contribution in [0.25, 0.3) is 11.3 Å². The predicted molar refractivity (Wildman–Crippen MR) is 86.4 cm³/mol. The molecule has 0 aliphatic heterocycles. The highest BCUT2D eigenvalue weighted by molar-refractivity contribution is 7.14. The lowest BCUT2D eigenvalue weighted by atomic mass is 10.2. The summed E-state index contributed by atoms with van der Waals surface area (Å²) in [6, 6.07) is 16.6. The number of nitrogens with two attached hydrogens (primary N) is 1. The molecule has 0 aliphatic carbocycles. The molecule has 0 bridgehead atoms. The maximum absolute atomic E-state index is 12.1. The number of nitrogens with zero attached hydrogens (tertiary/aromatic N) is 1. The van der Waals surface area contributed by atoms with Crippen LogP contribution in [0, 0.1) is 0 Å². The second-order valence-electron chi connectivity index (χ2n) is 4.48. The third-order valence-electron chi connectivity index (χ3n) is 2.97. The third kappa shape index (κ3) is 3.09. The fraction of sp³-hybridized carbons (Fsp3) is 0. The molecule has 5 heteroatoms. The molecule has 1 aromatic heterocycles. The Balaban J connectivity index is 1.75. The first-order valence-corrected chi connectivity index (χ1v) is 7.28. The van der Waals surface area contributed by atoms with Gasteiger partial charge in [-0.1, -0.05) is 30.3 Å². The van der Waals surface area contributed by atoms with Crippen molar-refractivity contribution < 1.29 is 4.79 Å². The molecule has 21 heavy (non-hydrogen) atoms. The number of carbonyl (C=O) groups excluding carboxylic acids is 1. The second kappa shape index (κ2) is 5.76. The van der Waals surface area contributed by atoms with Crippen molar-refractivity contribution in [2.45, 2.75) is 0 Å². The molecule has 0 aliphatic rings. The molecule has 104 valence electrons. The monoisotopic (exact) mass is 295 g/mol. The van der Waals surface area contributed by atoms with Gasteiger partial charge in [-0.15, -0.1) is 11.3 Å². The molecule has 0 unspecified atom stereocenters. The van der Waals surface area contributed by atoms with Gasteiger partial charge in [0.1, 0.15) is 0 Å². The van der Waals surface area contributed by atoms with Crippen LogP contribution < -0.4 is 11.1 Å². The van der Waals surface area contributed by atoms with E-state index in [1.165, 1.54) is 11.3 Å². The first kappa shape index (κ1) is 13.3. The Labute approximate surface area is 126 Å². The van der Waals surface area contributed by atoms with Gasteiger partial charge in [-0.25, -0.2) is 4.98 Å². The number of thiazole rings is 1. The van der Waals surface area contributed by atoms with Gasteiger partial charge in [-0.2, -0.15) is 0 Å². The number of nitrogen functional groups attached to an aromatic ring is 1. The number of benzene rings is 2. The van der Waals surface area contributed by atoms with Gasteiger partial charge in [0.05, 0.1) is 5.69 Å². The summed E-state index contributed by atoms with van der Waals surface area (Å²) in [6.07, 6.45) is 0. The second-order valence-corrected chi connectivity index (χ2v) is 5.34. The van der Waals surface area contributed by atoms with Crippen molar-refractivity contribution in [1.82, 2.24) is 4.98 Å². The number of amides is 1. The highest BCUT2D eigenvalue weighted by atomic mass is 32.1. The summed E-state index contributed by atoms with van der Waals surface area (Å²) in [5.41, 5.74) is 8.68. The van der Waals surface area contributed by atoms with Gasteiger partial charge in [0.15, 0.2) is 5.13 Å². The number of rotatable bonds is 3. The zero-order chi connectivity index (χ0) is 14.7. The minimum atomic E-state index is -0.191. The van der Waals surface area contributed by atoms with Gasteiger partial charge in [-0.3, -0.25) is 10.1 Å². The van der Waals surface area contributed by atoms with E-state index in [-0.39, 0.29) is 5.91 Å². The fourth-order valence-electron chi connectivity index (χ4n) is 1.88. The summed E-state index contributed by atoms with van der Waals surface area (Å²) in [7, 11) is 0. The molecule has 0 fully saturated rings. The molecule has 0 atom stereocenters. The molecule has 3 N–H and O–H groups in total. The predicted octanol–water partition coefficient (Wildman–Crippen LogP) is 3.64. The number of hydrogen-bond acceptors (Lipinski definition) is 4. The van der Waals surface area contributed by atoms with Gasteiger partial charge in [-0.05, 0) is 24.3 Å². The van der Waals surface area contributed by atoms with Crippen LogP contribution >= 0.6 is 11.3 Å². The Hall–Kier alpha value is -2.66. The molecule has 2 aromatic carbocycles. The smallest absolute Gasteiger partial charge is 0.257 e. The van der Waals surface area contributed by atoms with Crippen molar-refractivity contribution in [2.24, 2.45) is 0 Å². The van der Waals surface area contributed by atoms with Crippen LogP contribution in [0.15, 0.2) is 60.0 Å². The molecule has 1 amide bonds. The van der Waals surface area contributed by atoms with Crippen LogP contribution in [0.4, 0.5) is 10.8 Å². The molecule has 1 heterocycles. The summed E-state index contributed by atoms with van der Waals surface area (Å²) in [4.78, 5) is 16.5. The van der Waals surface area contributed by atoms with Crippen molar-refractivity contribution in [2.75, 3.05) is 11.1 Å². The van der Waals surface area contributed by atoms with Gasteiger partial charge in [0, 0.05) is 22.2 Å². The van der Waals surface area contributed by atoms with Crippen molar-refractivity contribution in [3.63, 3.8) is 0 Å². The van der Waals surface area contributed by atoms with Crippen LogP contribution in [0.1, 0.15) is 10.4 Å². The van der Waals surface area contributed by atoms with Crippen molar-refractivity contribution >= 4 is 28.1 Å². The molecule has 3 aromatic rings. The van der Waals surface area contributed by atoms with Crippen LogP contribution in [-0.2, 0) is 0 Å². The fourth-order valence-corrected chi connectivity index (χ4v) is 2.59. The topological polar surface area (TPSA) is 68.0 Å². The lowest BCUT2D eigenvalue weighted by molar-refractivity contribution is 0.102. The summed E-state index contributed by atoms with van der Waals surface area (Å²) >= 11 is 1.40. The van der Waals surface area contributed by atoms with E-state index in [0.717, 1.165) is 11.3 Å². The van der Waals surface area contributed by atoms with Crippen molar-refractivity contribution in [3.8, 4) is 11.3 Å². The molecule has 0 spiro atoms. The van der Waals surface area contributed by atoms with Crippen LogP contribution in [0.3, 0.4) is 0 Å². The van der Waals surface area contributed by atoms with E-state index in [1.54, 1.807) is 24.3 Å². The summed E-state index contributed by atoms with van der Waals surface area (Å²) in [6.45, 7) is 0. The standard InChI is InChI=1S/C16H13N3OS/c17-13-8-6-12(7-9-13)15(20)19-16-18-14(10-21-16)11-4-2-1-3-5-11/h1-10H,17H2,(H,18,19,20). The van der Waals surface area contributed by atoms with Crippen molar-refractivity contribution in [3.05, 3.63) is 65.5 Å². The molecule has 4 nitrogen and oxygen atoms in total. The highest BCUT2D eigenvalue weighted by Crippen LogP contribution is 2.24. The van der Waals surface area contributed by atoms with Crippen LogP contribution in [-0.4, -0.2) is 10.9 Å². The van der Waals surface area contributed by atoms with E-state index in [9.17, 15) is 4.79 Å². The summed E-state index contributed by atoms with van der Waals surface area (Å²) in [5, 5.41) is 5.30. The number of hydrogen-bond donors (Lipinski definition) is 2. The molecule has 0 saturated carbocycles. The van der Waals surface area contributed by atoms with E-state index < -0.39 is 0 Å². The number of anilines is 2. The van der Waals surface area contributed by atoms with E-state index in [1.807, 2.05) is 35.7 Å². The Kier molecular flexibility index (Phi) is 3.66. The largest absolute Gasteiger partial charge is 0.399 e. The third-order valence-corrected chi connectivity index (χ3v) is 3.72. The average Bonchev–Trinajstić information content (AvgIpc) is 2.97. The Morgan fingerprint density at radius 2 is 1.76 bits per heavy atom. The number of carbonyl (C=O) groups is 1. The molecular formula is C16H13N3OS. The van der Waals surface area contributed by atoms with Crippen LogP contribution in [0.5, 0.6) is 0 Å². The normalized spacial score (nSPS) is 10.3. The van der Waals surface area contributed by atoms with Crippen LogP contribution in [0.2, 0.25) is 0 Å². The average molecular weight is 295 g/mol. The maximum Gasteiger partial charge on any atom is 0.257 e. The minimum Gasteiger partial charge on any atom is -0.399 e. The lowest BCUT2D eigenvalue weighted by Crippen LogP contribution is -2.11. The molecule has 0 saturated heterocycles. The van der Waals surface area contributed by atoms with Gasteiger partial charge < -0.3 is 5.73 Å².